The second kappa shape index (κ2) is 10.9. The molecule has 142 valence electrons. The molecule has 1 fully saturated rings. The summed E-state index contributed by atoms with van der Waals surface area (Å²) in [7, 11) is 0. The van der Waals surface area contributed by atoms with E-state index in [0.29, 0.717) is 22.2 Å². The van der Waals surface area contributed by atoms with Crippen molar-refractivity contribution in [3.63, 3.8) is 0 Å². The van der Waals surface area contributed by atoms with E-state index in [1.54, 1.807) is 0 Å². The summed E-state index contributed by atoms with van der Waals surface area (Å²) >= 11 is 6.50. The maximum atomic E-state index is 12.5. The van der Waals surface area contributed by atoms with Gasteiger partial charge in [-0.3, -0.25) is 14.5 Å². The van der Waals surface area contributed by atoms with Crippen LogP contribution >= 0.6 is 24.0 Å². The van der Waals surface area contributed by atoms with E-state index in [1.165, 1.54) is 29.5 Å². The van der Waals surface area contributed by atoms with Crippen molar-refractivity contribution in [1.29, 1.82) is 0 Å². The molecule has 1 aromatic carbocycles. The highest BCUT2D eigenvalue weighted by molar-refractivity contribution is 8.26. The molecule has 1 aromatic rings. The van der Waals surface area contributed by atoms with Gasteiger partial charge in [-0.1, -0.05) is 67.7 Å². The first-order valence-corrected chi connectivity index (χ1v) is 10.3. The molecule has 0 radical (unpaired) electrons. The zero-order valence-electron chi connectivity index (χ0n) is 15.4. The van der Waals surface area contributed by atoms with Gasteiger partial charge >= 0.3 is 5.97 Å². The number of hydrogen-bond acceptors (Lipinski definition) is 4. The molecule has 0 aromatic heterocycles. The third-order valence-corrected chi connectivity index (χ3v) is 5.37. The average Bonchev–Trinajstić information content (AvgIpc) is 2.90. The van der Waals surface area contributed by atoms with Gasteiger partial charge in [0.15, 0.2) is 0 Å². The highest BCUT2D eigenvalue weighted by atomic mass is 32.2. The van der Waals surface area contributed by atoms with Gasteiger partial charge in [0.05, 0.1) is 4.91 Å². The van der Waals surface area contributed by atoms with Gasteiger partial charge < -0.3 is 5.11 Å². The standard InChI is InChI=1S/C21H23NO3S2/c1-2-3-4-5-6-8-16-10-12-17(13-11-16)15-18-20(25)22(21(26)27-18)14-7-9-19(23)24/h10-13,15H,2-5,7,9,14H2,1H3,(H,23,24). The normalized spacial score (nSPS) is 15.1. The molecule has 1 N–H and O–H groups in total. The minimum atomic E-state index is -0.871. The topological polar surface area (TPSA) is 57.6 Å². The molecule has 0 unspecified atom stereocenters. The van der Waals surface area contributed by atoms with Gasteiger partial charge in [-0.2, -0.15) is 0 Å². The minimum absolute atomic E-state index is 0.0249. The van der Waals surface area contributed by atoms with Gasteiger partial charge in [0.25, 0.3) is 5.91 Å². The number of unbranched alkanes of at least 4 members (excludes halogenated alkanes) is 3. The number of carbonyl (C=O) groups excluding carboxylic acids is 1. The van der Waals surface area contributed by atoms with Crippen molar-refractivity contribution in [2.45, 2.75) is 45.4 Å². The number of benzene rings is 1. The largest absolute Gasteiger partial charge is 0.481 e. The number of rotatable bonds is 8. The van der Waals surface area contributed by atoms with Gasteiger partial charge in [0.1, 0.15) is 4.32 Å². The Balaban J connectivity index is 1.96. The molecule has 0 spiro atoms. The molecule has 1 heterocycles. The maximum absolute atomic E-state index is 12.5. The lowest BCUT2D eigenvalue weighted by atomic mass is 10.1. The second-order valence-corrected chi connectivity index (χ2v) is 7.89. The lowest BCUT2D eigenvalue weighted by Gasteiger charge is -2.13. The number of thioether (sulfide) groups is 1. The van der Waals surface area contributed by atoms with Crippen molar-refractivity contribution in [2.24, 2.45) is 0 Å². The van der Waals surface area contributed by atoms with Crippen LogP contribution in [0.5, 0.6) is 0 Å². The summed E-state index contributed by atoms with van der Waals surface area (Å²) in [5, 5.41) is 8.72. The third kappa shape index (κ3) is 6.85. The van der Waals surface area contributed by atoms with Crippen molar-refractivity contribution >= 4 is 46.3 Å². The minimum Gasteiger partial charge on any atom is -0.481 e. The fraction of sp³-hybridized carbons (Fsp3) is 0.381. The molecule has 0 bridgehead atoms. The molecule has 1 amide bonds. The molecule has 0 saturated carbocycles. The van der Waals surface area contributed by atoms with Gasteiger partial charge in [-0.25, -0.2) is 0 Å². The Hall–Kier alpha value is -2.10. The highest BCUT2D eigenvalue weighted by Gasteiger charge is 2.31. The maximum Gasteiger partial charge on any atom is 0.303 e. The summed E-state index contributed by atoms with van der Waals surface area (Å²) in [5.74, 6) is 5.32. The third-order valence-electron chi connectivity index (χ3n) is 3.99. The van der Waals surface area contributed by atoms with Crippen molar-refractivity contribution in [3.8, 4) is 11.8 Å². The predicted octanol–water partition coefficient (Wildman–Crippen LogP) is 4.68. The second-order valence-electron chi connectivity index (χ2n) is 6.21. The van der Waals surface area contributed by atoms with Crippen LogP contribution in [0.4, 0.5) is 0 Å². The number of carbonyl (C=O) groups is 2. The molecular formula is C21H23NO3S2. The first-order chi connectivity index (χ1) is 13.0. The molecule has 4 nitrogen and oxygen atoms in total. The zero-order valence-corrected chi connectivity index (χ0v) is 17.0. The quantitative estimate of drug-likeness (QED) is 0.297. The summed E-state index contributed by atoms with van der Waals surface area (Å²) in [6, 6.07) is 7.78. The van der Waals surface area contributed by atoms with E-state index >= 15 is 0 Å². The van der Waals surface area contributed by atoms with Crippen LogP contribution in [0.2, 0.25) is 0 Å². The van der Waals surface area contributed by atoms with Crippen LogP contribution in [-0.4, -0.2) is 32.7 Å². The molecular weight excluding hydrogens is 378 g/mol. The first-order valence-electron chi connectivity index (χ1n) is 9.07. The molecule has 6 heteroatoms. The van der Waals surface area contributed by atoms with Crippen molar-refractivity contribution in [2.75, 3.05) is 6.54 Å². The Labute approximate surface area is 170 Å². The number of amides is 1. The highest BCUT2D eigenvalue weighted by Crippen LogP contribution is 2.32. The smallest absolute Gasteiger partial charge is 0.303 e. The fourth-order valence-corrected chi connectivity index (χ4v) is 3.83. The Morgan fingerprint density at radius 2 is 2.00 bits per heavy atom. The van der Waals surface area contributed by atoms with Crippen LogP contribution in [0.25, 0.3) is 6.08 Å². The Morgan fingerprint density at radius 3 is 2.67 bits per heavy atom. The monoisotopic (exact) mass is 401 g/mol. The van der Waals surface area contributed by atoms with Crippen LogP contribution in [0, 0.1) is 11.8 Å². The number of carboxylic acid groups (broad SMARTS) is 1. The molecule has 0 atom stereocenters. The summed E-state index contributed by atoms with van der Waals surface area (Å²) in [4.78, 5) is 25.1. The predicted molar refractivity (Wildman–Crippen MR) is 114 cm³/mol. The van der Waals surface area contributed by atoms with Gasteiger partial charge in [0.2, 0.25) is 0 Å². The summed E-state index contributed by atoms with van der Waals surface area (Å²) in [6.07, 6.45) is 6.69. The number of hydrogen-bond donors (Lipinski definition) is 1. The van der Waals surface area contributed by atoms with Crippen LogP contribution in [0.3, 0.4) is 0 Å². The van der Waals surface area contributed by atoms with E-state index in [4.69, 9.17) is 17.3 Å². The molecule has 1 aliphatic rings. The number of carboxylic acids is 1. The fourth-order valence-electron chi connectivity index (χ4n) is 2.52. The van der Waals surface area contributed by atoms with E-state index in [-0.39, 0.29) is 12.3 Å². The van der Waals surface area contributed by atoms with Crippen LogP contribution in [0.15, 0.2) is 29.2 Å². The van der Waals surface area contributed by atoms with Crippen molar-refractivity contribution in [3.05, 3.63) is 40.3 Å². The summed E-state index contributed by atoms with van der Waals surface area (Å²) < 4.78 is 0.478. The number of thiocarbonyl (C=S) groups is 1. The van der Waals surface area contributed by atoms with Crippen molar-refractivity contribution in [1.82, 2.24) is 4.90 Å². The molecule has 0 aliphatic carbocycles. The Morgan fingerprint density at radius 1 is 1.26 bits per heavy atom. The van der Waals surface area contributed by atoms with E-state index in [1.807, 2.05) is 30.3 Å². The van der Waals surface area contributed by atoms with E-state index in [2.05, 4.69) is 18.8 Å². The van der Waals surface area contributed by atoms with Gasteiger partial charge in [-0.15, -0.1) is 0 Å². The molecule has 1 saturated heterocycles. The lowest BCUT2D eigenvalue weighted by Crippen LogP contribution is -2.29. The summed E-state index contributed by atoms with van der Waals surface area (Å²) in [6.45, 7) is 2.51. The van der Waals surface area contributed by atoms with Gasteiger partial charge in [-0.05, 0) is 36.6 Å². The summed E-state index contributed by atoms with van der Waals surface area (Å²) in [5.41, 5.74) is 1.88. The van der Waals surface area contributed by atoms with Crippen LogP contribution in [-0.2, 0) is 9.59 Å². The molecule has 1 aliphatic heterocycles. The Bertz CT molecular complexity index is 788. The van der Waals surface area contributed by atoms with Crippen LogP contribution < -0.4 is 0 Å². The zero-order chi connectivity index (χ0) is 19.6. The molecule has 2 rings (SSSR count). The van der Waals surface area contributed by atoms with Gasteiger partial charge in [0, 0.05) is 24.9 Å². The number of nitrogens with zero attached hydrogens (tertiary/aromatic N) is 1. The lowest BCUT2D eigenvalue weighted by molar-refractivity contribution is -0.137. The molecule has 27 heavy (non-hydrogen) atoms. The average molecular weight is 402 g/mol. The SMILES string of the molecule is CCCCCC#Cc1ccc(C=C2SC(=S)N(CCCC(=O)O)C2=O)cc1. The Kier molecular flexibility index (Phi) is 8.56. The first kappa shape index (κ1) is 21.2. The van der Waals surface area contributed by atoms with E-state index in [0.717, 1.165) is 24.0 Å². The van der Waals surface area contributed by atoms with Crippen molar-refractivity contribution < 1.29 is 14.7 Å². The van der Waals surface area contributed by atoms with Crippen LogP contribution in [0.1, 0.15) is 56.6 Å². The van der Waals surface area contributed by atoms with E-state index in [9.17, 15) is 9.59 Å². The van der Waals surface area contributed by atoms with E-state index < -0.39 is 5.97 Å². The number of aliphatic carboxylic acids is 1.